The van der Waals surface area contributed by atoms with Crippen LogP contribution in [0.15, 0.2) is 72.2 Å². The standard InChI is InChI=1S/C29H32N2O2S/c1-5-16-33-23-13-9-10-20(17-23)19-30-28-26(27(32)31-22-11-7-6-8-12-22)24-15-14-21(29(2,3)4)18-25(24)34-28/h5-13,17,19,21H,1,14-16,18H2,2-4H3,(H,31,32)/t21-/m0/s1. The van der Waals surface area contributed by atoms with Crippen molar-refractivity contribution in [2.75, 3.05) is 11.9 Å². The highest BCUT2D eigenvalue weighted by Crippen LogP contribution is 2.45. The van der Waals surface area contributed by atoms with Crippen LogP contribution in [0.25, 0.3) is 0 Å². The number of amides is 1. The molecule has 4 rings (SSSR count). The molecule has 1 N–H and O–H groups in total. The zero-order valence-electron chi connectivity index (χ0n) is 20.1. The summed E-state index contributed by atoms with van der Waals surface area (Å²) in [5.74, 6) is 1.27. The van der Waals surface area contributed by atoms with E-state index < -0.39 is 0 Å². The molecule has 1 heterocycles. The lowest BCUT2D eigenvalue weighted by atomic mass is 9.72. The van der Waals surface area contributed by atoms with Crippen LogP contribution in [-0.4, -0.2) is 18.7 Å². The van der Waals surface area contributed by atoms with Crippen molar-refractivity contribution in [3.8, 4) is 5.75 Å². The number of para-hydroxylation sites is 1. The van der Waals surface area contributed by atoms with Crippen molar-refractivity contribution in [1.82, 2.24) is 0 Å². The Balaban J connectivity index is 1.67. The first kappa shape index (κ1) is 24.0. The van der Waals surface area contributed by atoms with Crippen LogP contribution in [-0.2, 0) is 12.8 Å². The number of ether oxygens (including phenoxy) is 1. The molecule has 1 aromatic heterocycles. The van der Waals surface area contributed by atoms with Crippen LogP contribution in [0.1, 0.15) is 53.6 Å². The second kappa shape index (κ2) is 10.4. The van der Waals surface area contributed by atoms with Gasteiger partial charge < -0.3 is 10.1 Å². The Morgan fingerprint density at radius 1 is 1.21 bits per heavy atom. The number of hydrogen-bond donors (Lipinski definition) is 1. The number of benzene rings is 2. The van der Waals surface area contributed by atoms with Crippen molar-refractivity contribution < 1.29 is 9.53 Å². The van der Waals surface area contributed by atoms with Crippen molar-refractivity contribution in [3.63, 3.8) is 0 Å². The number of rotatable bonds is 7. The van der Waals surface area contributed by atoms with Gasteiger partial charge in [-0.25, -0.2) is 4.99 Å². The van der Waals surface area contributed by atoms with Gasteiger partial charge in [-0.2, -0.15) is 0 Å². The summed E-state index contributed by atoms with van der Waals surface area (Å²) in [6, 6.07) is 17.4. The molecule has 0 radical (unpaired) electrons. The smallest absolute Gasteiger partial charge is 0.259 e. The zero-order chi connectivity index (χ0) is 24.1. The Labute approximate surface area is 206 Å². The highest BCUT2D eigenvalue weighted by atomic mass is 32.1. The van der Waals surface area contributed by atoms with E-state index >= 15 is 0 Å². The van der Waals surface area contributed by atoms with Gasteiger partial charge in [-0.15, -0.1) is 11.3 Å². The van der Waals surface area contributed by atoms with Gasteiger partial charge in [-0.3, -0.25) is 4.79 Å². The Kier molecular flexibility index (Phi) is 7.32. The lowest BCUT2D eigenvalue weighted by Gasteiger charge is -2.33. The molecule has 0 unspecified atom stereocenters. The Bertz CT molecular complexity index is 1190. The Morgan fingerprint density at radius 2 is 2.00 bits per heavy atom. The first-order valence-corrected chi connectivity index (χ1v) is 12.6. The van der Waals surface area contributed by atoms with Crippen LogP contribution in [0.5, 0.6) is 5.75 Å². The third-order valence-electron chi connectivity index (χ3n) is 6.29. The van der Waals surface area contributed by atoms with E-state index in [1.807, 2.05) is 60.8 Å². The summed E-state index contributed by atoms with van der Waals surface area (Å²) >= 11 is 1.65. The zero-order valence-corrected chi connectivity index (χ0v) is 21.0. The van der Waals surface area contributed by atoms with E-state index in [0.29, 0.717) is 18.1 Å². The topological polar surface area (TPSA) is 50.7 Å². The van der Waals surface area contributed by atoms with E-state index in [4.69, 9.17) is 9.73 Å². The summed E-state index contributed by atoms with van der Waals surface area (Å²) in [4.78, 5) is 19.5. The monoisotopic (exact) mass is 472 g/mol. The molecule has 4 nitrogen and oxygen atoms in total. The maximum Gasteiger partial charge on any atom is 0.259 e. The van der Waals surface area contributed by atoms with E-state index in [2.05, 4.69) is 32.7 Å². The van der Waals surface area contributed by atoms with Crippen LogP contribution >= 0.6 is 11.3 Å². The third-order valence-corrected chi connectivity index (χ3v) is 7.45. The minimum Gasteiger partial charge on any atom is -0.490 e. The third kappa shape index (κ3) is 5.65. The second-order valence-corrected chi connectivity index (χ2v) is 10.8. The van der Waals surface area contributed by atoms with Gasteiger partial charge in [0, 0.05) is 16.8 Å². The summed E-state index contributed by atoms with van der Waals surface area (Å²) < 4.78 is 5.64. The quantitative estimate of drug-likeness (QED) is 0.286. The molecule has 34 heavy (non-hydrogen) atoms. The number of hydrogen-bond acceptors (Lipinski definition) is 4. The molecule has 0 aliphatic heterocycles. The first-order chi connectivity index (χ1) is 16.3. The van der Waals surface area contributed by atoms with Crippen molar-refractivity contribution in [3.05, 3.63) is 88.8 Å². The Hall–Kier alpha value is -3.18. The molecular weight excluding hydrogens is 440 g/mol. The van der Waals surface area contributed by atoms with Crippen LogP contribution in [0.4, 0.5) is 10.7 Å². The molecule has 0 spiro atoms. The van der Waals surface area contributed by atoms with Gasteiger partial charge in [-0.1, -0.05) is 63.8 Å². The molecule has 1 amide bonds. The van der Waals surface area contributed by atoms with Gasteiger partial charge in [0.25, 0.3) is 5.91 Å². The van der Waals surface area contributed by atoms with Gasteiger partial charge in [0.2, 0.25) is 0 Å². The minimum absolute atomic E-state index is 0.0897. The molecule has 0 saturated heterocycles. The highest BCUT2D eigenvalue weighted by molar-refractivity contribution is 7.16. The molecule has 1 atom stereocenters. The predicted molar refractivity (Wildman–Crippen MR) is 143 cm³/mol. The molecule has 1 aliphatic rings. The maximum atomic E-state index is 13.4. The molecule has 3 aromatic rings. The van der Waals surface area contributed by atoms with Gasteiger partial charge in [0.15, 0.2) is 0 Å². The lowest BCUT2D eigenvalue weighted by Crippen LogP contribution is -2.27. The van der Waals surface area contributed by atoms with Gasteiger partial charge in [0.05, 0.1) is 5.56 Å². The molecule has 0 fully saturated rings. The van der Waals surface area contributed by atoms with Gasteiger partial charge in [0.1, 0.15) is 17.4 Å². The highest BCUT2D eigenvalue weighted by Gasteiger charge is 2.33. The van der Waals surface area contributed by atoms with E-state index in [0.717, 1.165) is 46.8 Å². The number of thiophene rings is 1. The second-order valence-electron chi connectivity index (χ2n) is 9.74. The molecule has 1 aliphatic carbocycles. The number of nitrogens with one attached hydrogen (secondary N) is 1. The van der Waals surface area contributed by atoms with Crippen LogP contribution in [0, 0.1) is 11.3 Å². The maximum absolute atomic E-state index is 13.4. The summed E-state index contributed by atoms with van der Waals surface area (Å²) in [7, 11) is 0. The molecule has 0 bridgehead atoms. The fourth-order valence-corrected chi connectivity index (χ4v) is 5.59. The summed E-state index contributed by atoms with van der Waals surface area (Å²) in [5, 5.41) is 3.84. The minimum atomic E-state index is -0.0897. The molecule has 176 valence electrons. The van der Waals surface area contributed by atoms with E-state index in [-0.39, 0.29) is 11.3 Å². The van der Waals surface area contributed by atoms with Gasteiger partial charge >= 0.3 is 0 Å². The summed E-state index contributed by atoms with van der Waals surface area (Å²) in [6.07, 6.45) is 6.53. The molecule has 5 heteroatoms. The van der Waals surface area contributed by atoms with E-state index in [1.54, 1.807) is 17.4 Å². The van der Waals surface area contributed by atoms with Crippen molar-refractivity contribution in [2.24, 2.45) is 16.3 Å². The number of carbonyl (C=O) groups excluding carboxylic acids is 1. The largest absolute Gasteiger partial charge is 0.490 e. The van der Waals surface area contributed by atoms with Crippen LogP contribution < -0.4 is 10.1 Å². The molecule has 0 saturated carbocycles. The SMILES string of the molecule is C=CCOc1cccc(C=Nc2sc3c(c2C(=O)Nc2ccccc2)CC[C@H](C(C)(C)C)C3)c1. The summed E-state index contributed by atoms with van der Waals surface area (Å²) in [6.45, 7) is 11.1. The lowest BCUT2D eigenvalue weighted by molar-refractivity contribution is 0.102. The van der Waals surface area contributed by atoms with Crippen molar-refractivity contribution >= 4 is 34.1 Å². The number of fused-ring (bicyclic) bond motifs is 1. The van der Waals surface area contributed by atoms with E-state index in [9.17, 15) is 4.79 Å². The Morgan fingerprint density at radius 3 is 2.74 bits per heavy atom. The molecule has 2 aromatic carbocycles. The number of anilines is 1. The fourth-order valence-electron chi connectivity index (χ4n) is 4.32. The summed E-state index contributed by atoms with van der Waals surface area (Å²) in [5.41, 5.74) is 3.83. The average Bonchev–Trinajstić information content (AvgIpc) is 3.19. The van der Waals surface area contributed by atoms with Gasteiger partial charge in [-0.05, 0) is 66.0 Å². The van der Waals surface area contributed by atoms with Crippen LogP contribution in [0.3, 0.4) is 0 Å². The van der Waals surface area contributed by atoms with Crippen LogP contribution in [0.2, 0.25) is 0 Å². The first-order valence-electron chi connectivity index (χ1n) is 11.7. The predicted octanol–water partition coefficient (Wildman–Crippen LogP) is 7.47. The average molecular weight is 473 g/mol. The molecular formula is C29H32N2O2S. The fraction of sp³-hybridized carbons (Fsp3) is 0.310. The number of aliphatic imine (C=N–C) groups is 1. The van der Waals surface area contributed by atoms with Crippen molar-refractivity contribution in [2.45, 2.75) is 40.0 Å². The normalized spacial score (nSPS) is 15.7. The van der Waals surface area contributed by atoms with Crippen molar-refractivity contribution in [1.29, 1.82) is 0 Å². The number of nitrogens with zero attached hydrogens (tertiary/aromatic N) is 1. The number of carbonyl (C=O) groups is 1. The van der Waals surface area contributed by atoms with E-state index in [1.165, 1.54) is 4.88 Å².